The van der Waals surface area contributed by atoms with E-state index in [1.165, 1.54) is 49.8 Å². The topological polar surface area (TPSA) is 6.48 Å². The Morgan fingerprint density at radius 1 is 0.400 bits per heavy atom. The number of para-hydroxylation sites is 4. The standard InChI is InChI=1S/C53H38N2/c1-5-20-38(21-6-1)54(39-22-7-2-8-23-39)42-35-47-46-34-33-37-19-13-14-28-43(37)51(46)53(48-31-17-15-29-44(48)45-30-16-18-32-49(45)53)52(47)50(36-42)55(40-24-9-3-10-25-40)41-26-11-4-12-27-41/h1-36,44,48H. The van der Waals surface area contributed by atoms with E-state index in [4.69, 9.17) is 0 Å². The molecule has 11 rings (SSSR count). The Labute approximate surface area is 322 Å². The zero-order valence-electron chi connectivity index (χ0n) is 30.3. The lowest BCUT2D eigenvalue weighted by atomic mass is 9.64. The average molecular weight is 703 g/mol. The Hall–Kier alpha value is -6.90. The molecule has 0 fully saturated rings. The Balaban J connectivity index is 1.34. The van der Waals surface area contributed by atoms with Gasteiger partial charge < -0.3 is 9.80 Å². The molecule has 0 aromatic heterocycles. The lowest BCUT2D eigenvalue weighted by Crippen LogP contribution is -2.34. The van der Waals surface area contributed by atoms with E-state index < -0.39 is 5.41 Å². The predicted molar refractivity (Wildman–Crippen MR) is 230 cm³/mol. The van der Waals surface area contributed by atoms with Crippen molar-refractivity contribution in [3.05, 3.63) is 241 Å². The maximum absolute atomic E-state index is 2.50. The quantitative estimate of drug-likeness (QED) is 0.170. The SMILES string of the molecule is C1=CC2c3ccccc3C3(c4c(cc(N(c5ccccc5)c5ccccc5)cc4N(c4ccccc4)c4ccccc4)-c4ccc5ccccc5c43)C2C=C1. The highest BCUT2D eigenvalue weighted by atomic mass is 15.2. The van der Waals surface area contributed by atoms with Gasteiger partial charge in [0.15, 0.2) is 0 Å². The van der Waals surface area contributed by atoms with Crippen LogP contribution in [0.3, 0.4) is 0 Å². The molecule has 0 N–H and O–H groups in total. The number of allylic oxidation sites excluding steroid dienone is 4. The minimum atomic E-state index is -0.464. The fourth-order valence-corrected chi connectivity index (χ4v) is 10.0. The van der Waals surface area contributed by atoms with Crippen LogP contribution in [0.2, 0.25) is 0 Å². The highest BCUT2D eigenvalue weighted by Crippen LogP contribution is 2.69. The number of anilines is 6. The van der Waals surface area contributed by atoms with Gasteiger partial charge in [0.2, 0.25) is 0 Å². The Morgan fingerprint density at radius 2 is 0.945 bits per heavy atom. The first-order valence-electron chi connectivity index (χ1n) is 19.3. The third kappa shape index (κ3) is 4.68. The third-order valence-corrected chi connectivity index (χ3v) is 12.0. The van der Waals surface area contributed by atoms with E-state index >= 15 is 0 Å². The van der Waals surface area contributed by atoms with Crippen molar-refractivity contribution in [3.8, 4) is 11.1 Å². The van der Waals surface area contributed by atoms with E-state index in [-0.39, 0.29) is 11.8 Å². The Bertz CT molecular complexity index is 2690. The highest BCUT2D eigenvalue weighted by Gasteiger charge is 2.59. The van der Waals surface area contributed by atoms with Gasteiger partial charge in [0, 0.05) is 40.3 Å². The second-order valence-corrected chi connectivity index (χ2v) is 14.8. The first-order chi connectivity index (χ1) is 27.3. The molecule has 260 valence electrons. The van der Waals surface area contributed by atoms with Crippen LogP contribution in [-0.2, 0) is 5.41 Å². The van der Waals surface area contributed by atoms with Crippen LogP contribution in [-0.4, -0.2) is 0 Å². The molecule has 3 aliphatic rings. The molecular formula is C53H38N2. The van der Waals surface area contributed by atoms with Crippen molar-refractivity contribution < 1.29 is 0 Å². The van der Waals surface area contributed by atoms with Gasteiger partial charge in [-0.05, 0) is 105 Å². The smallest absolute Gasteiger partial charge is 0.0564 e. The van der Waals surface area contributed by atoms with Crippen molar-refractivity contribution in [3.63, 3.8) is 0 Å². The van der Waals surface area contributed by atoms with Crippen LogP contribution in [0.15, 0.2) is 218 Å². The van der Waals surface area contributed by atoms with Gasteiger partial charge in [-0.25, -0.2) is 0 Å². The molecule has 0 radical (unpaired) electrons. The van der Waals surface area contributed by atoms with Gasteiger partial charge in [-0.2, -0.15) is 0 Å². The molecule has 2 nitrogen and oxygen atoms in total. The van der Waals surface area contributed by atoms with Crippen LogP contribution in [0.25, 0.3) is 21.9 Å². The van der Waals surface area contributed by atoms with Crippen molar-refractivity contribution in [2.24, 2.45) is 5.92 Å². The summed E-state index contributed by atoms with van der Waals surface area (Å²) in [7, 11) is 0. The summed E-state index contributed by atoms with van der Waals surface area (Å²) in [4.78, 5) is 4.92. The molecule has 3 unspecified atom stereocenters. The maximum Gasteiger partial charge on any atom is 0.0564 e. The molecule has 0 heterocycles. The Morgan fingerprint density at radius 3 is 1.60 bits per heavy atom. The third-order valence-electron chi connectivity index (χ3n) is 12.0. The number of nitrogens with zero attached hydrogens (tertiary/aromatic N) is 2. The van der Waals surface area contributed by atoms with E-state index in [1.807, 2.05) is 0 Å². The van der Waals surface area contributed by atoms with Gasteiger partial charge in [-0.1, -0.05) is 158 Å². The molecule has 3 aliphatic carbocycles. The zero-order chi connectivity index (χ0) is 36.3. The molecule has 0 bridgehead atoms. The lowest BCUT2D eigenvalue weighted by Gasteiger charge is -2.40. The summed E-state index contributed by atoms with van der Waals surface area (Å²) in [5, 5.41) is 2.58. The monoisotopic (exact) mass is 702 g/mol. The average Bonchev–Trinajstić information content (AvgIpc) is 3.73. The summed E-state index contributed by atoms with van der Waals surface area (Å²) in [5.74, 6) is 0.427. The second kappa shape index (κ2) is 12.6. The van der Waals surface area contributed by atoms with Crippen molar-refractivity contribution in [2.45, 2.75) is 11.3 Å². The fourth-order valence-electron chi connectivity index (χ4n) is 10.0. The van der Waals surface area contributed by atoms with Gasteiger partial charge >= 0.3 is 0 Å². The molecule has 8 aromatic rings. The minimum absolute atomic E-state index is 0.179. The highest BCUT2D eigenvalue weighted by molar-refractivity contribution is 6.04. The summed E-state index contributed by atoms with van der Waals surface area (Å²) in [5.41, 5.74) is 14.5. The first-order valence-corrected chi connectivity index (χ1v) is 19.3. The van der Waals surface area contributed by atoms with Crippen LogP contribution in [0.5, 0.6) is 0 Å². The van der Waals surface area contributed by atoms with Crippen molar-refractivity contribution in [1.29, 1.82) is 0 Å². The van der Waals surface area contributed by atoms with Crippen LogP contribution in [0.1, 0.15) is 28.2 Å². The van der Waals surface area contributed by atoms with Gasteiger partial charge in [0.05, 0.1) is 11.1 Å². The predicted octanol–water partition coefficient (Wildman–Crippen LogP) is 13.9. The number of hydrogen-bond donors (Lipinski definition) is 0. The summed E-state index contributed by atoms with van der Waals surface area (Å²) < 4.78 is 0. The van der Waals surface area contributed by atoms with Crippen LogP contribution in [0.4, 0.5) is 34.1 Å². The van der Waals surface area contributed by atoms with Crippen LogP contribution >= 0.6 is 0 Å². The molecule has 55 heavy (non-hydrogen) atoms. The lowest BCUT2D eigenvalue weighted by molar-refractivity contribution is 0.469. The van der Waals surface area contributed by atoms with E-state index in [9.17, 15) is 0 Å². The molecular weight excluding hydrogens is 665 g/mol. The van der Waals surface area contributed by atoms with Crippen molar-refractivity contribution in [1.82, 2.24) is 0 Å². The Kier molecular flexibility index (Phi) is 7.25. The van der Waals surface area contributed by atoms with E-state index in [0.717, 1.165) is 28.4 Å². The van der Waals surface area contributed by atoms with Crippen LogP contribution in [0, 0.1) is 5.92 Å². The van der Waals surface area contributed by atoms with Crippen molar-refractivity contribution in [2.75, 3.05) is 9.80 Å². The number of fused-ring (bicyclic) bond motifs is 12. The minimum Gasteiger partial charge on any atom is -0.310 e. The van der Waals surface area contributed by atoms with Gasteiger partial charge in [-0.3, -0.25) is 0 Å². The number of hydrogen-bond acceptors (Lipinski definition) is 2. The fraction of sp³-hybridized carbons (Fsp3) is 0.0566. The van der Waals surface area contributed by atoms with Gasteiger partial charge in [0.1, 0.15) is 0 Å². The molecule has 0 aliphatic heterocycles. The van der Waals surface area contributed by atoms with Crippen molar-refractivity contribution >= 4 is 44.9 Å². The molecule has 2 heteroatoms. The maximum atomic E-state index is 2.50. The summed E-state index contributed by atoms with van der Waals surface area (Å²) >= 11 is 0. The normalized spacial score (nSPS) is 18.5. The first kappa shape index (κ1) is 31.6. The molecule has 0 amide bonds. The molecule has 0 saturated heterocycles. The molecule has 8 aromatic carbocycles. The zero-order valence-corrected chi connectivity index (χ0v) is 30.3. The van der Waals surface area contributed by atoms with Gasteiger partial charge in [-0.15, -0.1) is 0 Å². The molecule has 0 saturated carbocycles. The summed E-state index contributed by atoms with van der Waals surface area (Å²) in [6.45, 7) is 0. The number of rotatable bonds is 6. The van der Waals surface area contributed by atoms with Crippen LogP contribution < -0.4 is 9.80 Å². The summed E-state index contributed by atoms with van der Waals surface area (Å²) in [6.07, 6.45) is 9.47. The largest absolute Gasteiger partial charge is 0.310 e. The van der Waals surface area contributed by atoms with E-state index in [2.05, 4.69) is 228 Å². The number of benzene rings is 8. The van der Waals surface area contributed by atoms with E-state index in [0.29, 0.717) is 0 Å². The summed E-state index contributed by atoms with van der Waals surface area (Å²) in [6, 6.07) is 71.4. The van der Waals surface area contributed by atoms with E-state index in [1.54, 1.807) is 0 Å². The molecule has 3 atom stereocenters. The molecule has 1 spiro atoms. The second-order valence-electron chi connectivity index (χ2n) is 14.8. The van der Waals surface area contributed by atoms with Gasteiger partial charge in [0.25, 0.3) is 0 Å².